The molecule has 7 heteroatoms. The third kappa shape index (κ3) is 5.05. The lowest BCUT2D eigenvalue weighted by Gasteiger charge is -2.67. The summed E-state index contributed by atoms with van der Waals surface area (Å²) in [7, 11) is 0. The van der Waals surface area contributed by atoms with Gasteiger partial charge in [0, 0.05) is 13.0 Å². The van der Waals surface area contributed by atoms with Crippen LogP contribution in [-0.2, 0) is 28.7 Å². The zero-order valence-electron chi connectivity index (χ0n) is 26.5. The number of carbonyl (C=O) groups excluding carboxylic acids is 4. The fourth-order valence-corrected chi connectivity index (χ4v) is 11.4. The van der Waals surface area contributed by atoms with Crippen LogP contribution in [0.4, 0.5) is 0 Å². The molecule has 4 rings (SSSR count). The Bertz CT molecular complexity index is 1010. The minimum atomic E-state index is -1.48. The maximum Gasteiger partial charge on any atom is 0.305 e. The van der Waals surface area contributed by atoms with Crippen LogP contribution in [0.3, 0.4) is 0 Å². The molecule has 0 saturated heterocycles. The van der Waals surface area contributed by atoms with E-state index >= 15 is 0 Å². The van der Waals surface area contributed by atoms with Gasteiger partial charge in [-0.15, -0.1) is 0 Å². The maximum absolute atomic E-state index is 13.7. The molecule has 0 aromatic heterocycles. The fourth-order valence-electron chi connectivity index (χ4n) is 11.4. The van der Waals surface area contributed by atoms with Crippen LogP contribution in [-0.4, -0.2) is 54.4 Å². The van der Waals surface area contributed by atoms with Crippen LogP contribution in [0.5, 0.6) is 0 Å². The van der Waals surface area contributed by atoms with Crippen LogP contribution in [0, 0.1) is 57.7 Å². The Morgan fingerprint density at radius 3 is 2.22 bits per heavy atom. The highest BCUT2D eigenvalue weighted by molar-refractivity contribution is 6.10. The molecular formula is C34H54O7. The van der Waals surface area contributed by atoms with E-state index in [9.17, 15) is 24.3 Å². The number of rotatable bonds is 11. The molecule has 41 heavy (non-hydrogen) atoms. The van der Waals surface area contributed by atoms with Gasteiger partial charge in [-0.3, -0.25) is 19.2 Å². The number of hydrogen-bond donors (Lipinski definition) is 1. The van der Waals surface area contributed by atoms with Crippen molar-refractivity contribution in [2.75, 3.05) is 19.8 Å². The Hall–Kier alpha value is -1.60. The number of ether oxygens (including phenoxy) is 2. The Labute approximate surface area is 246 Å². The number of esters is 1. The molecule has 1 N–H and O–H groups in total. The summed E-state index contributed by atoms with van der Waals surface area (Å²) < 4.78 is 10.6. The molecule has 0 bridgehead atoms. The summed E-state index contributed by atoms with van der Waals surface area (Å²) in [5.74, 6) is 0.0929. The Morgan fingerprint density at radius 2 is 1.61 bits per heavy atom. The maximum atomic E-state index is 13.7. The van der Waals surface area contributed by atoms with Crippen LogP contribution < -0.4 is 0 Å². The van der Waals surface area contributed by atoms with Gasteiger partial charge in [-0.05, 0) is 125 Å². The van der Waals surface area contributed by atoms with E-state index in [2.05, 4.69) is 20.8 Å². The van der Waals surface area contributed by atoms with Crippen molar-refractivity contribution in [1.29, 1.82) is 0 Å². The number of hydrogen-bond acceptors (Lipinski definition) is 7. The molecule has 4 aliphatic rings. The van der Waals surface area contributed by atoms with Gasteiger partial charge < -0.3 is 14.6 Å². The van der Waals surface area contributed by atoms with Gasteiger partial charge in [0.1, 0.15) is 29.4 Å². The lowest BCUT2D eigenvalue weighted by Crippen LogP contribution is -2.70. The summed E-state index contributed by atoms with van der Waals surface area (Å²) in [5.41, 5.74) is -1.99. The standard InChI is InChI=1S/C34H54O7/c1-8-40-17-18-41-30(39)14-9-20(2)26-12-13-27-25-11-10-24-19-29(38)31(21(3)35)34(22(4)36,23(5)37)33(24,7)28(25)15-16-32(26,27)6/h20,24-29,31,38H,8-19H2,1-7H3/t20-,24+,25+,26-,27+,28+,29+,31?,32-,33-/m1/s1. The predicted octanol–water partition coefficient (Wildman–Crippen LogP) is 5.59. The van der Waals surface area contributed by atoms with Crippen molar-refractivity contribution in [2.24, 2.45) is 57.7 Å². The zero-order chi connectivity index (χ0) is 30.3. The highest BCUT2D eigenvalue weighted by Gasteiger charge is 2.73. The number of Topliss-reactive ketones (excluding diaryl/α,β-unsaturated/α-hetero) is 3. The second-order valence-electron chi connectivity index (χ2n) is 14.4. The minimum absolute atomic E-state index is 0.0383. The van der Waals surface area contributed by atoms with Crippen molar-refractivity contribution in [2.45, 2.75) is 112 Å². The number of aliphatic hydroxyl groups is 1. The SMILES string of the molecule is CCOCCOC(=O)CC[C@@H](C)[C@H]1CC[C@H]2[C@@H]3CC[C@H]4C[C@H](O)C(C(C)=O)C(C(C)=O)(C(C)=O)[C@@]4(C)[C@H]3CC[C@]12C. The number of carbonyl (C=O) groups is 4. The molecule has 0 spiro atoms. The molecular weight excluding hydrogens is 520 g/mol. The van der Waals surface area contributed by atoms with Crippen molar-refractivity contribution in [3.63, 3.8) is 0 Å². The highest BCUT2D eigenvalue weighted by Crippen LogP contribution is 2.72. The quantitative estimate of drug-likeness (QED) is 0.195. The number of ketones is 3. The molecule has 0 aliphatic heterocycles. The van der Waals surface area contributed by atoms with Crippen LogP contribution in [0.2, 0.25) is 0 Å². The van der Waals surface area contributed by atoms with Gasteiger partial charge in [0.05, 0.1) is 18.6 Å². The average Bonchev–Trinajstić information content (AvgIpc) is 3.26. The first-order valence-corrected chi connectivity index (χ1v) is 16.2. The summed E-state index contributed by atoms with van der Waals surface area (Å²) in [6, 6.07) is 0. The predicted molar refractivity (Wildman–Crippen MR) is 156 cm³/mol. The monoisotopic (exact) mass is 574 g/mol. The van der Waals surface area contributed by atoms with E-state index in [1.807, 2.05) is 6.92 Å². The lowest BCUT2D eigenvalue weighted by atomic mass is 9.35. The van der Waals surface area contributed by atoms with Crippen LogP contribution in [0.25, 0.3) is 0 Å². The zero-order valence-corrected chi connectivity index (χ0v) is 26.5. The van der Waals surface area contributed by atoms with Gasteiger partial charge in [-0.2, -0.15) is 0 Å². The smallest absolute Gasteiger partial charge is 0.305 e. The molecule has 0 amide bonds. The Kier molecular flexibility index (Phi) is 9.60. The molecule has 4 aliphatic carbocycles. The second kappa shape index (κ2) is 12.2. The summed E-state index contributed by atoms with van der Waals surface area (Å²) in [5, 5.41) is 11.2. The van der Waals surface area contributed by atoms with Gasteiger partial charge in [-0.1, -0.05) is 20.8 Å². The first-order valence-electron chi connectivity index (χ1n) is 16.2. The van der Waals surface area contributed by atoms with E-state index in [0.29, 0.717) is 56.3 Å². The van der Waals surface area contributed by atoms with Gasteiger partial charge in [0.15, 0.2) is 0 Å². The molecule has 1 unspecified atom stereocenters. The van der Waals surface area contributed by atoms with E-state index in [-0.39, 0.29) is 40.6 Å². The largest absolute Gasteiger partial charge is 0.463 e. The van der Waals surface area contributed by atoms with Gasteiger partial charge >= 0.3 is 5.97 Å². The highest BCUT2D eigenvalue weighted by atomic mass is 16.6. The van der Waals surface area contributed by atoms with E-state index in [1.54, 1.807) is 0 Å². The topological polar surface area (TPSA) is 107 Å². The first-order chi connectivity index (χ1) is 19.3. The summed E-state index contributed by atoms with van der Waals surface area (Å²) >= 11 is 0. The molecule has 0 aromatic rings. The average molecular weight is 575 g/mol. The number of aliphatic hydroxyl groups excluding tert-OH is 1. The van der Waals surface area contributed by atoms with E-state index < -0.39 is 22.9 Å². The van der Waals surface area contributed by atoms with Crippen molar-refractivity contribution in [3.8, 4) is 0 Å². The molecule has 0 radical (unpaired) electrons. The summed E-state index contributed by atoms with van der Waals surface area (Å²) in [4.78, 5) is 52.8. The van der Waals surface area contributed by atoms with Crippen LogP contribution >= 0.6 is 0 Å². The molecule has 4 saturated carbocycles. The van der Waals surface area contributed by atoms with Crippen molar-refractivity contribution in [1.82, 2.24) is 0 Å². The normalized spacial score (nSPS) is 40.0. The molecule has 4 fully saturated rings. The van der Waals surface area contributed by atoms with Crippen molar-refractivity contribution < 1.29 is 33.8 Å². The Morgan fingerprint density at radius 1 is 0.927 bits per heavy atom. The molecule has 232 valence electrons. The van der Waals surface area contributed by atoms with Gasteiger partial charge in [0.2, 0.25) is 0 Å². The van der Waals surface area contributed by atoms with Gasteiger partial charge in [0.25, 0.3) is 0 Å². The summed E-state index contributed by atoms with van der Waals surface area (Å²) in [6.07, 6.45) is 6.87. The summed E-state index contributed by atoms with van der Waals surface area (Å²) in [6.45, 7) is 14.5. The van der Waals surface area contributed by atoms with Crippen LogP contribution in [0.15, 0.2) is 0 Å². The Balaban J connectivity index is 1.57. The van der Waals surface area contributed by atoms with E-state index in [4.69, 9.17) is 9.47 Å². The third-order valence-corrected chi connectivity index (χ3v) is 12.9. The molecule has 0 heterocycles. The molecule has 7 nitrogen and oxygen atoms in total. The van der Waals surface area contributed by atoms with Crippen molar-refractivity contribution in [3.05, 3.63) is 0 Å². The van der Waals surface area contributed by atoms with E-state index in [0.717, 1.165) is 44.9 Å². The van der Waals surface area contributed by atoms with Crippen LogP contribution in [0.1, 0.15) is 106 Å². The van der Waals surface area contributed by atoms with Crippen molar-refractivity contribution >= 4 is 23.3 Å². The minimum Gasteiger partial charge on any atom is -0.463 e. The fraction of sp³-hybridized carbons (Fsp3) is 0.882. The third-order valence-electron chi connectivity index (χ3n) is 12.9. The second-order valence-corrected chi connectivity index (χ2v) is 14.4. The molecule has 10 atom stereocenters. The first kappa shape index (κ1) is 32.3. The lowest BCUT2D eigenvalue weighted by molar-refractivity contribution is -0.217. The number of fused-ring (bicyclic) bond motifs is 5. The van der Waals surface area contributed by atoms with Gasteiger partial charge in [-0.25, -0.2) is 0 Å². The molecule has 0 aromatic carbocycles. The van der Waals surface area contributed by atoms with E-state index in [1.165, 1.54) is 20.8 Å².